The number of unbranched alkanes of at least 4 members (excludes halogenated alkanes) is 1. The highest BCUT2D eigenvalue weighted by Gasteiger charge is 2.19. The standard InChI is InChI=1S/C17H27NO2/c1-5-6-7-16(13(2)18(3)4)12-14-8-10-15(11-9-14)17(19)20/h8-11,13,16H,5-7,12H2,1-4H3,(H,19,20). The fraction of sp³-hybridized carbons (Fsp3) is 0.588. The number of benzene rings is 1. The van der Waals surface area contributed by atoms with E-state index in [2.05, 4.69) is 32.8 Å². The molecule has 1 aromatic rings. The SMILES string of the molecule is CCCCC(Cc1ccc(C(=O)O)cc1)C(C)N(C)C. The number of hydrogen-bond acceptors (Lipinski definition) is 2. The predicted octanol–water partition coefficient (Wildman–Crippen LogP) is 3.68. The van der Waals surface area contributed by atoms with Crippen molar-refractivity contribution >= 4 is 5.97 Å². The fourth-order valence-electron chi connectivity index (χ4n) is 2.49. The van der Waals surface area contributed by atoms with Crippen LogP contribution in [0, 0.1) is 5.92 Å². The number of aromatic carboxylic acids is 1. The molecule has 1 aromatic carbocycles. The molecule has 2 atom stereocenters. The first-order chi connectivity index (χ1) is 9.45. The first-order valence-corrected chi connectivity index (χ1v) is 7.44. The van der Waals surface area contributed by atoms with Crippen LogP contribution in [-0.2, 0) is 6.42 Å². The minimum Gasteiger partial charge on any atom is -0.478 e. The summed E-state index contributed by atoms with van der Waals surface area (Å²) in [6.07, 6.45) is 4.69. The molecule has 3 nitrogen and oxygen atoms in total. The third-order valence-corrected chi connectivity index (χ3v) is 4.12. The number of hydrogen-bond donors (Lipinski definition) is 1. The normalized spacial score (nSPS) is 14.2. The van der Waals surface area contributed by atoms with Crippen molar-refractivity contribution in [1.82, 2.24) is 4.90 Å². The van der Waals surface area contributed by atoms with Crippen LogP contribution in [0.1, 0.15) is 49.0 Å². The van der Waals surface area contributed by atoms with E-state index < -0.39 is 5.97 Å². The Morgan fingerprint density at radius 2 is 1.85 bits per heavy atom. The highest BCUT2D eigenvalue weighted by Crippen LogP contribution is 2.21. The molecule has 0 saturated carbocycles. The van der Waals surface area contributed by atoms with Gasteiger partial charge in [-0.2, -0.15) is 0 Å². The van der Waals surface area contributed by atoms with Crippen LogP contribution in [0.5, 0.6) is 0 Å². The molecular weight excluding hydrogens is 250 g/mol. The second-order valence-electron chi connectivity index (χ2n) is 5.81. The maximum Gasteiger partial charge on any atom is 0.335 e. The van der Waals surface area contributed by atoms with Gasteiger partial charge in [-0.25, -0.2) is 4.79 Å². The molecule has 0 fully saturated rings. The van der Waals surface area contributed by atoms with Gasteiger partial charge in [-0.05, 0) is 57.5 Å². The van der Waals surface area contributed by atoms with E-state index in [1.54, 1.807) is 12.1 Å². The van der Waals surface area contributed by atoms with E-state index in [1.165, 1.54) is 24.8 Å². The lowest BCUT2D eigenvalue weighted by molar-refractivity contribution is 0.0697. The highest BCUT2D eigenvalue weighted by atomic mass is 16.4. The van der Waals surface area contributed by atoms with Crippen molar-refractivity contribution in [2.45, 2.75) is 45.6 Å². The first-order valence-electron chi connectivity index (χ1n) is 7.44. The van der Waals surface area contributed by atoms with Crippen molar-refractivity contribution in [2.24, 2.45) is 5.92 Å². The van der Waals surface area contributed by atoms with Crippen LogP contribution in [-0.4, -0.2) is 36.1 Å². The molecule has 1 N–H and O–H groups in total. The molecule has 2 unspecified atom stereocenters. The van der Waals surface area contributed by atoms with Crippen molar-refractivity contribution < 1.29 is 9.90 Å². The Morgan fingerprint density at radius 1 is 1.25 bits per heavy atom. The van der Waals surface area contributed by atoms with Crippen LogP contribution in [0.25, 0.3) is 0 Å². The minimum atomic E-state index is -0.860. The second-order valence-corrected chi connectivity index (χ2v) is 5.81. The fourth-order valence-corrected chi connectivity index (χ4v) is 2.49. The van der Waals surface area contributed by atoms with Gasteiger partial charge in [0.05, 0.1) is 5.56 Å². The van der Waals surface area contributed by atoms with Gasteiger partial charge in [0.25, 0.3) is 0 Å². The second kappa shape index (κ2) is 8.05. The zero-order valence-corrected chi connectivity index (χ0v) is 13.1. The van der Waals surface area contributed by atoms with E-state index in [-0.39, 0.29) is 0 Å². The summed E-state index contributed by atoms with van der Waals surface area (Å²) < 4.78 is 0. The topological polar surface area (TPSA) is 40.5 Å². The molecule has 112 valence electrons. The third-order valence-electron chi connectivity index (χ3n) is 4.12. The average molecular weight is 277 g/mol. The smallest absolute Gasteiger partial charge is 0.335 e. The van der Waals surface area contributed by atoms with Crippen molar-refractivity contribution in [1.29, 1.82) is 0 Å². The molecule has 0 heterocycles. The van der Waals surface area contributed by atoms with E-state index in [9.17, 15) is 4.79 Å². The Bertz CT molecular complexity index is 412. The Morgan fingerprint density at radius 3 is 2.30 bits per heavy atom. The largest absolute Gasteiger partial charge is 0.478 e. The van der Waals surface area contributed by atoms with Crippen molar-refractivity contribution in [3.8, 4) is 0 Å². The van der Waals surface area contributed by atoms with E-state index >= 15 is 0 Å². The molecule has 3 heteroatoms. The summed E-state index contributed by atoms with van der Waals surface area (Å²) >= 11 is 0. The molecular formula is C17H27NO2. The Balaban J connectivity index is 2.75. The van der Waals surface area contributed by atoms with Gasteiger partial charge in [-0.15, -0.1) is 0 Å². The van der Waals surface area contributed by atoms with E-state index in [4.69, 9.17) is 5.11 Å². The molecule has 0 spiro atoms. The van der Waals surface area contributed by atoms with Gasteiger partial charge < -0.3 is 10.0 Å². The van der Waals surface area contributed by atoms with Crippen LogP contribution in [0.3, 0.4) is 0 Å². The molecule has 0 radical (unpaired) electrons. The van der Waals surface area contributed by atoms with Gasteiger partial charge in [0.2, 0.25) is 0 Å². The van der Waals surface area contributed by atoms with Gasteiger partial charge in [0.15, 0.2) is 0 Å². The van der Waals surface area contributed by atoms with Crippen LogP contribution < -0.4 is 0 Å². The third kappa shape index (κ3) is 4.97. The monoisotopic (exact) mass is 277 g/mol. The van der Waals surface area contributed by atoms with Crippen molar-refractivity contribution in [2.75, 3.05) is 14.1 Å². The zero-order valence-electron chi connectivity index (χ0n) is 13.1. The van der Waals surface area contributed by atoms with Gasteiger partial charge in [-0.3, -0.25) is 0 Å². The number of carboxylic acid groups (broad SMARTS) is 1. The number of rotatable bonds is 8. The van der Waals surface area contributed by atoms with Crippen LogP contribution >= 0.6 is 0 Å². The van der Waals surface area contributed by atoms with E-state index in [0.29, 0.717) is 17.5 Å². The summed E-state index contributed by atoms with van der Waals surface area (Å²) in [5.74, 6) is -0.249. The van der Waals surface area contributed by atoms with E-state index in [1.807, 2.05) is 12.1 Å². The number of carbonyl (C=O) groups is 1. The summed E-state index contributed by atoms with van der Waals surface area (Å²) in [7, 11) is 4.24. The maximum absolute atomic E-state index is 10.9. The van der Waals surface area contributed by atoms with Crippen molar-refractivity contribution in [3.05, 3.63) is 35.4 Å². The molecule has 0 bridgehead atoms. The average Bonchev–Trinajstić information content (AvgIpc) is 2.43. The number of nitrogens with zero attached hydrogens (tertiary/aromatic N) is 1. The van der Waals surface area contributed by atoms with Crippen LogP contribution in [0.4, 0.5) is 0 Å². The summed E-state index contributed by atoms with van der Waals surface area (Å²) in [4.78, 5) is 13.1. The molecule has 0 aromatic heterocycles. The number of carboxylic acids is 1. The highest BCUT2D eigenvalue weighted by molar-refractivity contribution is 5.87. The predicted molar refractivity (Wildman–Crippen MR) is 83.3 cm³/mol. The lowest BCUT2D eigenvalue weighted by Crippen LogP contribution is -2.33. The summed E-state index contributed by atoms with van der Waals surface area (Å²) in [5, 5.41) is 8.93. The Hall–Kier alpha value is -1.35. The zero-order chi connectivity index (χ0) is 15.1. The molecule has 0 saturated heterocycles. The Labute approximate surface area is 122 Å². The van der Waals surface area contributed by atoms with Gasteiger partial charge in [0.1, 0.15) is 0 Å². The first kappa shape index (κ1) is 16.7. The summed E-state index contributed by atoms with van der Waals surface area (Å²) in [5.41, 5.74) is 1.59. The lowest BCUT2D eigenvalue weighted by atomic mass is 9.88. The summed E-state index contributed by atoms with van der Waals surface area (Å²) in [6.45, 7) is 4.49. The molecule has 0 amide bonds. The van der Waals surface area contributed by atoms with E-state index in [0.717, 1.165) is 6.42 Å². The quantitative estimate of drug-likeness (QED) is 0.788. The van der Waals surface area contributed by atoms with Gasteiger partial charge in [-0.1, -0.05) is 31.9 Å². The Kier molecular flexibility index (Phi) is 6.73. The van der Waals surface area contributed by atoms with Crippen molar-refractivity contribution in [3.63, 3.8) is 0 Å². The minimum absolute atomic E-state index is 0.361. The molecule has 0 aliphatic heterocycles. The molecule has 20 heavy (non-hydrogen) atoms. The lowest BCUT2D eigenvalue weighted by Gasteiger charge is -2.29. The van der Waals surface area contributed by atoms with Gasteiger partial charge in [0, 0.05) is 6.04 Å². The van der Waals surface area contributed by atoms with Crippen LogP contribution in [0.2, 0.25) is 0 Å². The maximum atomic E-state index is 10.9. The summed E-state index contributed by atoms with van der Waals surface area (Å²) in [6, 6.07) is 7.83. The molecule has 1 rings (SSSR count). The van der Waals surface area contributed by atoms with Crippen LogP contribution in [0.15, 0.2) is 24.3 Å². The molecule has 0 aliphatic rings. The van der Waals surface area contributed by atoms with Gasteiger partial charge >= 0.3 is 5.97 Å². The molecule has 0 aliphatic carbocycles.